The van der Waals surface area contributed by atoms with E-state index in [1.54, 1.807) is 0 Å². The second-order valence-corrected chi connectivity index (χ2v) is 7.34. The number of thiazole rings is 1. The fraction of sp³-hybridized carbons (Fsp3) is 0.421. The number of aryl methyl sites for hydroxylation is 1. The van der Waals surface area contributed by atoms with Gasteiger partial charge in [0, 0.05) is 17.0 Å². The third kappa shape index (κ3) is 4.45. The van der Waals surface area contributed by atoms with E-state index in [1.807, 2.05) is 5.38 Å². The standard InChI is InChI=1S/C19H22N2O3S/c1-2-12-3-5-13(6-4-12)18-21-16(11-25-18)10-17(22)20-15-8-7-14(9-15)19(23)24/h3-6,11,14-15H,2,7-10H2,1H3,(H,20,22)(H,23,24)/t14-,15+/m1/s1. The van der Waals surface area contributed by atoms with Crippen LogP contribution in [0.15, 0.2) is 29.6 Å². The quantitative estimate of drug-likeness (QED) is 0.830. The number of hydrogen-bond donors (Lipinski definition) is 2. The molecule has 25 heavy (non-hydrogen) atoms. The molecule has 1 heterocycles. The molecule has 0 saturated heterocycles. The molecule has 1 amide bonds. The first-order valence-electron chi connectivity index (χ1n) is 8.61. The number of benzene rings is 1. The molecule has 1 aliphatic rings. The van der Waals surface area contributed by atoms with Crippen LogP contribution < -0.4 is 5.32 Å². The lowest BCUT2D eigenvalue weighted by atomic mass is 10.1. The van der Waals surface area contributed by atoms with E-state index < -0.39 is 5.97 Å². The van der Waals surface area contributed by atoms with Crippen molar-refractivity contribution < 1.29 is 14.7 Å². The lowest BCUT2D eigenvalue weighted by Crippen LogP contribution is -2.34. The summed E-state index contributed by atoms with van der Waals surface area (Å²) in [6.45, 7) is 2.12. The lowest BCUT2D eigenvalue weighted by Gasteiger charge is -2.11. The highest BCUT2D eigenvalue weighted by molar-refractivity contribution is 7.13. The highest BCUT2D eigenvalue weighted by Crippen LogP contribution is 2.26. The fourth-order valence-electron chi connectivity index (χ4n) is 3.18. The Balaban J connectivity index is 1.55. The Hall–Kier alpha value is -2.21. The number of nitrogens with zero attached hydrogens (tertiary/aromatic N) is 1. The summed E-state index contributed by atoms with van der Waals surface area (Å²) in [5, 5.41) is 14.8. The normalized spacial score (nSPS) is 19.7. The van der Waals surface area contributed by atoms with Crippen molar-refractivity contribution in [3.8, 4) is 10.6 Å². The summed E-state index contributed by atoms with van der Waals surface area (Å²) < 4.78 is 0. The van der Waals surface area contributed by atoms with Crippen molar-refractivity contribution in [2.24, 2.45) is 5.92 Å². The number of aliphatic carboxylic acids is 1. The number of nitrogens with one attached hydrogen (secondary N) is 1. The molecule has 1 aromatic heterocycles. The molecule has 1 aromatic carbocycles. The summed E-state index contributed by atoms with van der Waals surface area (Å²) >= 11 is 1.54. The molecule has 5 nitrogen and oxygen atoms in total. The van der Waals surface area contributed by atoms with Crippen molar-refractivity contribution in [2.45, 2.75) is 45.1 Å². The van der Waals surface area contributed by atoms with Crippen LogP contribution >= 0.6 is 11.3 Å². The van der Waals surface area contributed by atoms with E-state index in [2.05, 4.69) is 41.5 Å². The molecule has 2 aromatic rings. The van der Waals surface area contributed by atoms with Crippen LogP contribution in [0, 0.1) is 5.92 Å². The molecule has 0 spiro atoms. The van der Waals surface area contributed by atoms with Crippen LogP contribution in [0.5, 0.6) is 0 Å². The summed E-state index contributed by atoms with van der Waals surface area (Å²) in [6.07, 6.45) is 3.13. The number of carbonyl (C=O) groups excluding carboxylic acids is 1. The Morgan fingerprint density at radius 1 is 1.28 bits per heavy atom. The number of aromatic nitrogens is 1. The number of carboxylic acids is 1. The largest absolute Gasteiger partial charge is 0.481 e. The Bertz CT molecular complexity index is 754. The second kappa shape index (κ2) is 7.78. The zero-order valence-corrected chi connectivity index (χ0v) is 15.0. The van der Waals surface area contributed by atoms with Gasteiger partial charge in [-0.1, -0.05) is 31.2 Å². The average molecular weight is 358 g/mol. The Morgan fingerprint density at radius 2 is 2.04 bits per heavy atom. The number of amides is 1. The van der Waals surface area contributed by atoms with Gasteiger partial charge in [-0.25, -0.2) is 4.98 Å². The topological polar surface area (TPSA) is 79.3 Å². The van der Waals surface area contributed by atoms with Gasteiger partial charge in [-0.2, -0.15) is 0 Å². The van der Waals surface area contributed by atoms with Gasteiger partial charge in [-0.3, -0.25) is 9.59 Å². The maximum atomic E-state index is 12.2. The molecule has 0 bridgehead atoms. The van der Waals surface area contributed by atoms with Crippen LogP contribution in [0.4, 0.5) is 0 Å². The lowest BCUT2D eigenvalue weighted by molar-refractivity contribution is -0.141. The third-order valence-electron chi connectivity index (χ3n) is 4.65. The summed E-state index contributed by atoms with van der Waals surface area (Å²) in [6, 6.07) is 8.29. The van der Waals surface area contributed by atoms with Gasteiger partial charge >= 0.3 is 5.97 Å². The van der Waals surface area contributed by atoms with Gasteiger partial charge in [-0.05, 0) is 31.2 Å². The predicted octanol–water partition coefficient (Wildman–Crippen LogP) is 3.28. The van der Waals surface area contributed by atoms with Crippen molar-refractivity contribution in [1.82, 2.24) is 10.3 Å². The maximum absolute atomic E-state index is 12.2. The van der Waals surface area contributed by atoms with Crippen molar-refractivity contribution in [2.75, 3.05) is 0 Å². The van der Waals surface area contributed by atoms with Gasteiger partial charge in [0.2, 0.25) is 5.91 Å². The monoisotopic (exact) mass is 358 g/mol. The SMILES string of the molecule is CCc1ccc(-c2nc(CC(=O)N[C@H]3CC[C@@H](C(=O)O)C3)cs2)cc1. The molecule has 1 aliphatic carbocycles. The molecule has 132 valence electrons. The highest BCUT2D eigenvalue weighted by atomic mass is 32.1. The van der Waals surface area contributed by atoms with Crippen LogP contribution in [0.2, 0.25) is 0 Å². The fourth-order valence-corrected chi connectivity index (χ4v) is 4.01. The molecule has 3 rings (SSSR count). The number of carbonyl (C=O) groups is 2. The summed E-state index contributed by atoms with van der Waals surface area (Å²) in [5.41, 5.74) is 3.11. The van der Waals surface area contributed by atoms with E-state index in [0.717, 1.165) is 29.1 Å². The molecule has 2 N–H and O–H groups in total. The first-order valence-corrected chi connectivity index (χ1v) is 9.49. The Kier molecular flexibility index (Phi) is 5.48. The first-order chi connectivity index (χ1) is 12.0. The number of hydrogen-bond acceptors (Lipinski definition) is 4. The summed E-state index contributed by atoms with van der Waals surface area (Å²) in [7, 11) is 0. The van der Waals surface area contributed by atoms with Gasteiger partial charge in [0.05, 0.1) is 18.0 Å². The number of carboxylic acid groups (broad SMARTS) is 1. The molecule has 0 aliphatic heterocycles. The van der Waals surface area contributed by atoms with Gasteiger partial charge in [0.25, 0.3) is 0 Å². The van der Waals surface area contributed by atoms with Crippen LogP contribution in [-0.4, -0.2) is 28.0 Å². The number of rotatable bonds is 6. The minimum atomic E-state index is -0.769. The first kappa shape index (κ1) is 17.6. The minimum absolute atomic E-state index is 0.0340. The molecular formula is C19H22N2O3S. The van der Waals surface area contributed by atoms with Gasteiger partial charge in [0.15, 0.2) is 0 Å². The van der Waals surface area contributed by atoms with Crippen LogP contribution in [0.3, 0.4) is 0 Å². The van der Waals surface area contributed by atoms with Gasteiger partial charge in [0.1, 0.15) is 5.01 Å². The smallest absolute Gasteiger partial charge is 0.306 e. The molecule has 6 heteroatoms. The second-order valence-electron chi connectivity index (χ2n) is 6.48. The van der Waals surface area contributed by atoms with Crippen molar-refractivity contribution >= 4 is 23.2 Å². The van der Waals surface area contributed by atoms with E-state index in [9.17, 15) is 9.59 Å². The molecular weight excluding hydrogens is 336 g/mol. The highest BCUT2D eigenvalue weighted by Gasteiger charge is 2.30. The van der Waals surface area contributed by atoms with Crippen molar-refractivity contribution in [3.05, 3.63) is 40.9 Å². The predicted molar refractivity (Wildman–Crippen MR) is 97.5 cm³/mol. The van der Waals surface area contributed by atoms with Gasteiger partial charge < -0.3 is 10.4 Å². The molecule has 0 radical (unpaired) electrons. The van der Waals surface area contributed by atoms with E-state index in [-0.39, 0.29) is 24.3 Å². The van der Waals surface area contributed by atoms with Crippen molar-refractivity contribution in [3.63, 3.8) is 0 Å². The average Bonchev–Trinajstić information content (AvgIpc) is 3.24. The van der Waals surface area contributed by atoms with E-state index in [4.69, 9.17) is 5.11 Å². The third-order valence-corrected chi connectivity index (χ3v) is 5.59. The van der Waals surface area contributed by atoms with Gasteiger partial charge in [-0.15, -0.1) is 11.3 Å². The Morgan fingerprint density at radius 3 is 2.68 bits per heavy atom. The minimum Gasteiger partial charge on any atom is -0.481 e. The zero-order chi connectivity index (χ0) is 17.8. The summed E-state index contributed by atoms with van der Waals surface area (Å²) in [5.74, 6) is -1.19. The molecule has 0 unspecified atom stereocenters. The maximum Gasteiger partial charge on any atom is 0.306 e. The van der Waals surface area contributed by atoms with E-state index in [1.165, 1.54) is 16.9 Å². The zero-order valence-electron chi connectivity index (χ0n) is 14.2. The molecule has 2 atom stereocenters. The van der Waals surface area contributed by atoms with E-state index in [0.29, 0.717) is 12.8 Å². The van der Waals surface area contributed by atoms with Crippen LogP contribution in [0.25, 0.3) is 10.6 Å². The van der Waals surface area contributed by atoms with Crippen LogP contribution in [-0.2, 0) is 22.4 Å². The molecule has 1 saturated carbocycles. The Labute approximate surface area is 151 Å². The van der Waals surface area contributed by atoms with Crippen molar-refractivity contribution in [1.29, 1.82) is 0 Å². The summed E-state index contributed by atoms with van der Waals surface area (Å²) in [4.78, 5) is 27.7. The van der Waals surface area contributed by atoms with Crippen LogP contribution in [0.1, 0.15) is 37.4 Å². The molecule has 1 fully saturated rings. The van der Waals surface area contributed by atoms with E-state index >= 15 is 0 Å².